The molecule has 0 aromatic heterocycles. The highest BCUT2D eigenvalue weighted by molar-refractivity contribution is 7.97. The minimum Gasteiger partial charge on any atom is -0.439 e. The van der Waals surface area contributed by atoms with E-state index in [4.69, 9.17) is 10.5 Å². The topological polar surface area (TPSA) is 126 Å². The Balaban J connectivity index is 1.97. The van der Waals surface area contributed by atoms with Crippen molar-refractivity contribution in [2.45, 2.75) is 5.41 Å². The average molecular weight is 432 g/mol. The number of hydrogen-bond donors (Lipinski definition) is 2. The summed E-state index contributed by atoms with van der Waals surface area (Å²) in [6.07, 6.45) is 1.53. The van der Waals surface area contributed by atoms with E-state index in [1.165, 1.54) is 11.0 Å². The Morgan fingerprint density at radius 1 is 1.23 bits per heavy atom. The van der Waals surface area contributed by atoms with Crippen LogP contribution in [0.2, 0.25) is 0 Å². The van der Waals surface area contributed by atoms with Gasteiger partial charge in [0.25, 0.3) is 10.0 Å². The third kappa shape index (κ3) is 2.22. The SMILES string of the molecule is C=CCN1C(=O)C2(C(C#N)=C(N)OC3=C2S(=O)(=O)Nc2ccccc23)c2ccccc21. The summed E-state index contributed by atoms with van der Waals surface area (Å²) in [4.78, 5) is 15.0. The Bertz CT molecular complexity index is 1400. The Labute approximate surface area is 178 Å². The molecule has 3 aliphatic rings. The number of fused-ring (bicyclic) bond motifs is 5. The molecule has 0 aliphatic carbocycles. The predicted molar refractivity (Wildman–Crippen MR) is 114 cm³/mol. The Hall–Kier alpha value is -4.03. The third-order valence-electron chi connectivity index (χ3n) is 5.65. The summed E-state index contributed by atoms with van der Waals surface area (Å²) in [5.41, 5.74) is 5.46. The number of sulfonamides is 1. The Morgan fingerprint density at radius 3 is 2.68 bits per heavy atom. The van der Waals surface area contributed by atoms with Crippen LogP contribution in [0, 0.1) is 11.3 Å². The van der Waals surface area contributed by atoms with Gasteiger partial charge in [-0.3, -0.25) is 9.52 Å². The summed E-state index contributed by atoms with van der Waals surface area (Å²) in [5, 5.41) is 10.0. The minimum atomic E-state index is -4.28. The summed E-state index contributed by atoms with van der Waals surface area (Å²) in [6, 6.07) is 15.3. The first-order valence-corrected chi connectivity index (χ1v) is 10.8. The molecule has 154 valence electrons. The highest BCUT2D eigenvalue weighted by Gasteiger charge is 2.64. The quantitative estimate of drug-likeness (QED) is 0.702. The van der Waals surface area contributed by atoms with Crippen molar-refractivity contribution in [2.75, 3.05) is 16.2 Å². The van der Waals surface area contributed by atoms with E-state index >= 15 is 0 Å². The van der Waals surface area contributed by atoms with Gasteiger partial charge in [-0.25, -0.2) is 8.42 Å². The van der Waals surface area contributed by atoms with Crippen LogP contribution in [0.15, 0.2) is 77.5 Å². The van der Waals surface area contributed by atoms with E-state index in [0.29, 0.717) is 22.5 Å². The van der Waals surface area contributed by atoms with Crippen molar-refractivity contribution in [2.24, 2.45) is 5.73 Å². The molecule has 1 amide bonds. The van der Waals surface area contributed by atoms with E-state index in [9.17, 15) is 18.5 Å². The van der Waals surface area contributed by atoms with Gasteiger partial charge in [-0.1, -0.05) is 36.4 Å². The first-order chi connectivity index (χ1) is 14.9. The predicted octanol–water partition coefficient (Wildman–Crippen LogP) is 2.31. The van der Waals surface area contributed by atoms with Gasteiger partial charge in [-0.2, -0.15) is 5.26 Å². The lowest BCUT2D eigenvalue weighted by atomic mass is 9.73. The lowest BCUT2D eigenvalue weighted by Crippen LogP contribution is -2.49. The fourth-order valence-electron chi connectivity index (χ4n) is 4.51. The fraction of sp³-hybridized carbons (Fsp3) is 0.0909. The van der Waals surface area contributed by atoms with Crippen molar-refractivity contribution in [3.8, 4) is 6.07 Å². The molecule has 8 nitrogen and oxygen atoms in total. The van der Waals surface area contributed by atoms with Crippen molar-refractivity contribution in [1.29, 1.82) is 5.26 Å². The van der Waals surface area contributed by atoms with Crippen molar-refractivity contribution in [3.63, 3.8) is 0 Å². The first-order valence-electron chi connectivity index (χ1n) is 9.35. The zero-order valence-corrected chi connectivity index (χ0v) is 16.9. The monoisotopic (exact) mass is 432 g/mol. The molecule has 2 aromatic rings. The highest BCUT2D eigenvalue weighted by Crippen LogP contribution is 2.58. The lowest BCUT2D eigenvalue weighted by Gasteiger charge is -2.38. The minimum absolute atomic E-state index is 0.0607. The Morgan fingerprint density at radius 2 is 1.94 bits per heavy atom. The standard InChI is InChI=1S/C22H16N4O4S/c1-2-11-26-17-10-6-4-8-14(17)22(21(26)27)15(12-23)20(24)30-18-13-7-3-5-9-16(13)25-31(28,29)19(18)22/h2-10,25H,1,11,24H2. The molecule has 9 heteroatoms. The molecule has 3 N–H and O–H groups in total. The maximum Gasteiger partial charge on any atom is 0.263 e. The van der Waals surface area contributed by atoms with Crippen LogP contribution in [0.25, 0.3) is 5.76 Å². The number of ether oxygens (including phenoxy) is 1. The second-order valence-electron chi connectivity index (χ2n) is 7.23. The van der Waals surface area contributed by atoms with Gasteiger partial charge < -0.3 is 15.4 Å². The molecular weight excluding hydrogens is 416 g/mol. The highest BCUT2D eigenvalue weighted by atomic mass is 32.2. The summed E-state index contributed by atoms with van der Waals surface area (Å²) < 4.78 is 35.3. The third-order valence-corrected chi connectivity index (χ3v) is 7.17. The van der Waals surface area contributed by atoms with Gasteiger partial charge in [-0.05, 0) is 18.2 Å². The Kier molecular flexibility index (Phi) is 3.81. The van der Waals surface area contributed by atoms with Crippen LogP contribution in [0.3, 0.4) is 0 Å². The van der Waals surface area contributed by atoms with Gasteiger partial charge in [0.1, 0.15) is 16.5 Å². The molecule has 0 saturated heterocycles. The van der Waals surface area contributed by atoms with Crippen LogP contribution in [0.1, 0.15) is 11.1 Å². The number of para-hydroxylation sites is 2. The first kappa shape index (κ1) is 19.0. The second-order valence-corrected chi connectivity index (χ2v) is 8.85. The van der Waals surface area contributed by atoms with E-state index in [0.717, 1.165) is 0 Å². The number of hydrogen-bond acceptors (Lipinski definition) is 6. The van der Waals surface area contributed by atoms with E-state index in [1.54, 1.807) is 48.5 Å². The van der Waals surface area contributed by atoms with E-state index < -0.39 is 21.3 Å². The van der Waals surface area contributed by atoms with Gasteiger partial charge in [-0.15, -0.1) is 6.58 Å². The van der Waals surface area contributed by atoms with E-state index in [-0.39, 0.29) is 28.7 Å². The number of benzene rings is 2. The van der Waals surface area contributed by atoms with Crippen molar-refractivity contribution in [1.82, 2.24) is 0 Å². The molecule has 3 heterocycles. The molecule has 2 aromatic carbocycles. The number of carbonyl (C=O) groups is 1. The zero-order chi connectivity index (χ0) is 22.0. The van der Waals surface area contributed by atoms with Gasteiger partial charge >= 0.3 is 0 Å². The number of amides is 1. The normalized spacial score (nSPS) is 22.8. The molecule has 0 saturated carbocycles. The van der Waals surface area contributed by atoms with Crippen molar-refractivity contribution >= 4 is 33.1 Å². The van der Waals surface area contributed by atoms with Crippen LogP contribution in [0.4, 0.5) is 11.4 Å². The van der Waals surface area contributed by atoms with Crippen LogP contribution in [-0.4, -0.2) is 20.9 Å². The van der Waals surface area contributed by atoms with Crippen LogP contribution in [0.5, 0.6) is 0 Å². The van der Waals surface area contributed by atoms with E-state index in [2.05, 4.69) is 11.3 Å². The zero-order valence-electron chi connectivity index (χ0n) is 16.1. The summed E-state index contributed by atoms with van der Waals surface area (Å²) >= 11 is 0. The van der Waals surface area contributed by atoms with Gasteiger partial charge in [0.2, 0.25) is 11.8 Å². The summed E-state index contributed by atoms with van der Waals surface area (Å²) in [6.45, 7) is 3.82. The number of nitriles is 1. The fourth-order valence-corrected chi connectivity index (χ4v) is 6.17. The second kappa shape index (κ2) is 6.23. The summed E-state index contributed by atoms with van der Waals surface area (Å²) in [7, 11) is -4.28. The smallest absolute Gasteiger partial charge is 0.263 e. The van der Waals surface area contributed by atoms with Gasteiger partial charge in [0, 0.05) is 23.4 Å². The maximum absolute atomic E-state index is 14.0. The number of anilines is 2. The van der Waals surface area contributed by atoms with Gasteiger partial charge in [0.05, 0.1) is 5.69 Å². The van der Waals surface area contributed by atoms with Gasteiger partial charge in [0.15, 0.2) is 11.2 Å². The molecule has 1 atom stereocenters. The number of nitrogens with two attached hydrogens (primary N) is 1. The largest absolute Gasteiger partial charge is 0.439 e. The molecule has 3 aliphatic heterocycles. The molecule has 1 spiro atoms. The maximum atomic E-state index is 14.0. The number of rotatable bonds is 2. The molecule has 0 bridgehead atoms. The molecule has 1 unspecified atom stereocenters. The van der Waals surface area contributed by atoms with Crippen LogP contribution in [-0.2, 0) is 25.0 Å². The molecular formula is C22H16N4O4S. The van der Waals surface area contributed by atoms with E-state index in [1.807, 2.05) is 6.07 Å². The lowest BCUT2D eigenvalue weighted by molar-refractivity contribution is -0.120. The van der Waals surface area contributed by atoms with Crippen LogP contribution < -0.4 is 15.4 Å². The number of nitrogens with one attached hydrogen (secondary N) is 1. The van der Waals surface area contributed by atoms with Crippen molar-refractivity contribution < 1.29 is 17.9 Å². The molecule has 31 heavy (non-hydrogen) atoms. The summed E-state index contributed by atoms with van der Waals surface area (Å²) in [5.74, 6) is -0.972. The number of carbonyl (C=O) groups excluding carboxylic acids is 1. The number of nitrogens with zero attached hydrogens (tertiary/aromatic N) is 2. The molecule has 0 radical (unpaired) electrons. The van der Waals surface area contributed by atoms with Crippen LogP contribution >= 0.6 is 0 Å². The average Bonchev–Trinajstić information content (AvgIpc) is 2.97. The molecule has 5 rings (SSSR count). The molecule has 0 fully saturated rings. The van der Waals surface area contributed by atoms with Crippen molar-refractivity contribution in [3.05, 3.63) is 88.7 Å².